The third kappa shape index (κ3) is 2.59. The van der Waals surface area contributed by atoms with Crippen molar-refractivity contribution in [2.75, 3.05) is 42.3 Å². The summed E-state index contributed by atoms with van der Waals surface area (Å²) >= 11 is 0. The molecule has 4 heterocycles. The first-order chi connectivity index (χ1) is 10.7. The van der Waals surface area contributed by atoms with E-state index in [1.54, 1.807) is 0 Å². The number of hydrogen-bond acceptors (Lipinski definition) is 7. The van der Waals surface area contributed by atoms with E-state index in [9.17, 15) is 9.32 Å². The fraction of sp³-hybridized carbons (Fsp3) is 0.714. The Hall–Kier alpha value is -1.25. The normalized spacial score (nSPS) is 25.9. The van der Waals surface area contributed by atoms with E-state index in [0.29, 0.717) is 36.7 Å². The number of aromatic nitrogens is 2. The Balaban J connectivity index is 1.63. The van der Waals surface area contributed by atoms with Crippen LogP contribution in [0.25, 0.3) is 0 Å². The standard InChI is InChI=1S/C14H20N4O3S/c19-10-7-18(8-10)14-16-11-3-6-22(20)12(11)13(17-14)15-9-1-4-21-5-2-9/h9-10,19H,1-8H2,(H,15,16,17)/t22-/m1/s1. The molecule has 1 aromatic rings. The number of hydrogen-bond donors (Lipinski definition) is 2. The van der Waals surface area contributed by atoms with Crippen molar-refractivity contribution in [3.05, 3.63) is 5.69 Å². The molecule has 120 valence electrons. The van der Waals surface area contributed by atoms with Gasteiger partial charge in [-0.3, -0.25) is 4.21 Å². The molecule has 8 heteroatoms. The first kappa shape index (κ1) is 14.3. The SMILES string of the molecule is O=[S@@]1CCc2nc(N3CC(O)C3)nc(NC3CCOCC3)c21. The molecule has 0 bridgehead atoms. The Morgan fingerprint density at radius 2 is 2.05 bits per heavy atom. The minimum Gasteiger partial charge on any atom is -0.389 e. The average Bonchev–Trinajstić information content (AvgIpc) is 2.87. The summed E-state index contributed by atoms with van der Waals surface area (Å²) in [6.07, 6.45) is 2.31. The van der Waals surface area contributed by atoms with Gasteiger partial charge in [-0.05, 0) is 12.8 Å². The number of aliphatic hydroxyl groups excluding tert-OH is 1. The van der Waals surface area contributed by atoms with Crippen molar-refractivity contribution >= 4 is 22.6 Å². The molecule has 0 aromatic carbocycles. The van der Waals surface area contributed by atoms with Crippen LogP contribution in [0.15, 0.2) is 4.90 Å². The second-order valence-corrected chi connectivity index (χ2v) is 7.55. The van der Waals surface area contributed by atoms with E-state index in [0.717, 1.165) is 43.1 Å². The van der Waals surface area contributed by atoms with E-state index in [1.807, 2.05) is 4.90 Å². The summed E-state index contributed by atoms with van der Waals surface area (Å²) in [7, 11) is -1.01. The Labute approximate surface area is 131 Å². The Morgan fingerprint density at radius 3 is 2.77 bits per heavy atom. The number of aliphatic hydroxyl groups is 1. The van der Waals surface area contributed by atoms with Gasteiger partial charge in [0.05, 0.1) is 22.6 Å². The number of nitrogens with zero attached hydrogens (tertiary/aromatic N) is 3. The lowest BCUT2D eigenvalue weighted by Crippen LogP contribution is -2.51. The fourth-order valence-corrected chi connectivity index (χ4v) is 4.39. The van der Waals surface area contributed by atoms with E-state index >= 15 is 0 Å². The van der Waals surface area contributed by atoms with Gasteiger partial charge in [0.25, 0.3) is 0 Å². The van der Waals surface area contributed by atoms with Gasteiger partial charge >= 0.3 is 0 Å². The zero-order chi connectivity index (χ0) is 15.1. The molecule has 3 aliphatic heterocycles. The predicted octanol–water partition coefficient (Wildman–Crippen LogP) is -0.0879. The van der Waals surface area contributed by atoms with Crippen LogP contribution in [0.1, 0.15) is 18.5 Å². The van der Waals surface area contributed by atoms with Crippen LogP contribution in [0, 0.1) is 0 Å². The van der Waals surface area contributed by atoms with Crippen LogP contribution in [0.4, 0.5) is 11.8 Å². The first-order valence-corrected chi connectivity index (χ1v) is 9.09. The van der Waals surface area contributed by atoms with Crippen molar-refractivity contribution in [3.63, 3.8) is 0 Å². The van der Waals surface area contributed by atoms with Crippen molar-refractivity contribution in [3.8, 4) is 0 Å². The van der Waals surface area contributed by atoms with E-state index in [-0.39, 0.29) is 6.10 Å². The van der Waals surface area contributed by atoms with E-state index in [1.165, 1.54) is 0 Å². The van der Waals surface area contributed by atoms with Crippen LogP contribution in [-0.4, -0.2) is 63.5 Å². The number of aryl methyl sites for hydroxylation is 1. The molecule has 0 aliphatic carbocycles. The second kappa shape index (κ2) is 5.75. The summed E-state index contributed by atoms with van der Waals surface area (Å²) in [6, 6.07) is 0.306. The van der Waals surface area contributed by atoms with Gasteiger partial charge in [-0.2, -0.15) is 4.98 Å². The van der Waals surface area contributed by atoms with Crippen molar-refractivity contribution in [1.29, 1.82) is 0 Å². The molecule has 0 saturated carbocycles. The van der Waals surface area contributed by atoms with E-state index in [4.69, 9.17) is 4.74 Å². The highest BCUT2D eigenvalue weighted by molar-refractivity contribution is 7.85. The summed E-state index contributed by atoms with van der Waals surface area (Å²) < 4.78 is 17.6. The maximum absolute atomic E-state index is 12.3. The van der Waals surface area contributed by atoms with Gasteiger partial charge in [-0.25, -0.2) is 4.98 Å². The van der Waals surface area contributed by atoms with Gasteiger partial charge in [0.1, 0.15) is 10.7 Å². The van der Waals surface area contributed by atoms with Crippen LogP contribution in [0.2, 0.25) is 0 Å². The minimum atomic E-state index is -1.01. The van der Waals surface area contributed by atoms with Crippen LogP contribution >= 0.6 is 0 Å². The van der Waals surface area contributed by atoms with Crippen LogP contribution in [0.3, 0.4) is 0 Å². The molecular weight excluding hydrogens is 304 g/mol. The number of nitrogens with one attached hydrogen (secondary N) is 1. The third-order valence-corrected chi connectivity index (χ3v) is 5.84. The molecule has 4 rings (SSSR count). The summed E-state index contributed by atoms with van der Waals surface area (Å²) in [6.45, 7) is 2.63. The zero-order valence-electron chi connectivity index (χ0n) is 12.3. The molecule has 1 atom stereocenters. The molecule has 0 unspecified atom stereocenters. The molecular formula is C14H20N4O3S. The Kier molecular flexibility index (Phi) is 3.75. The third-order valence-electron chi connectivity index (χ3n) is 4.38. The number of β-amino-alcohol motifs (C(OH)–C–C–N with tert-alkyl or cyclic N) is 1. The lowest BCUT2D eigenvalue weighted by Gasteiger charge is -2.36. The highest BCUT2D eigenvalue weighted by atomic mass is 32.2. The number of anilines is 2. The minimum absolute atomic E-state index is 0.294. The van der Waals surface area contributed by atoms with E-state index in [2.05, 4.69) is 15.3 Å². The monoisotopic (exact) mass is 324 g/mol. The van der Waals surface area contributed by atoms with Crippen molar-refractivity contribution in [2.24, 2.45) is 0 Å². The summed E-state index contributed by atoms with van der Waals surface area (Å²) in [5.41, 5.74) is 0.888. The average molecular weight is 324 g/mol. The summed E-state index contributed by atoms with van der Waals surface area (Å²) in [5.74, 6) is 1.97. The van der Waals surface area contributed by atoms with Gasteiger partial charge in [0.15, 0.2) is 0 Å². The van der Waals surface area contributed by atoms with Crippen molar-refractivity contribution in [2.45, 2.75) is 36.3 Å². The number of fused-ring (bicyclic) bond motifs is 1. The smallest absolute Gasteiger partial charge is 0.227 e. The molecule has 7 nitrogen and oxygen atoms in total. The van der Waals surface area contributed by atoms with Gasteiger partial charge in [-0.15, -0.1) is 0 Å². The van der Waals surface area contributed by atoms with Crippen molar-refractivity contribution < 1.29 is 14.1 Å². The quantitative estimate of drug-likeness (QED) is 0.803. The topological polar surface area (TPSA) is 87.6 Å². The Morgan fingerprint density at radius 1 is 1.27 bits per heavy atom. The maximum atomic E-state index is 12.3. The van der Waals surface area contributed by atoms with Crippen LogP contribution in [-0.2, 0) is 22.0 Å². The second-order valence-electron chi connectivity index (χ2n) is 6.04. The maximum Gasteiger partial charge on any atom is 0.227 e. The molecule has 0 spiro atoms. The molecule has 0 radical (unpaired) electrons. The highest BCUT2D eigenvalue weighted by Gasteiger charge is 2.32. The molecule has 3 aliphatic rings. The summed E-state index contributed by atoms with van der Waals surface area (Å²) in [5, 5.41) is 12.9. The molecule has 0 amide bonds. The lowest BCUT2D eigenvalue weighted by atomic mass is 10.1. The lowest BCUT2D eigenvalue weighted by molar-refractivity contribution is 0.0903. The zero-order valence-corrected chi connectivity index (χ0v) is 13.1. The predicted molar refractivity (Wildman–Crippen MR) is 82.7 cm³/mol. The van der Waals surface area contributed by atoms with Gasteiger partial charge in [-0.1, -0.05) is 0 Å². The molecule has 2 N–H and O–H groups in total. The van der Waals surface area contributed by atoms with Gasteiger partial charge in [0.2, 0.25) is 5.95 Å². The molecule has 1 aromatic heterocycles. The molecule has 22 heavy (non-hydrogen) atoms. The molecule has 2 saturated heterocycles. The van der Waals surface area contributed by atoms with Gasteiger partial charge in [0, 0.05) is 44.5 Å². The van der Waals surface area contributed by atoms with E-state index < -0.39 is 10.8 Å². The summed E-state index contributed by atoms with van der Waals surface area (Å²) in [4.78, 5) is 11.9. The molecule has 2 fully saturated rings. The van der Waals surface area contributed by atoms with Gasteiger partial charge < -0.3 is 20.1 Å². The van der Waals surface area contributed by atoms with Crippen LogP contribution in [0.5, 0.6) is 0 Å². The van der Waals surface area contributed by atoms with Crippen LogP contribution < -0.4 is 10.2 Å². The number of ether oxygens (including phenoxy) is 1. The Bertz CT molecular complexity index is 600. The number of rotatable bonds is 3. The largest absolute Gasteiger partial charge is 0.389 e. The van der Waals surface area contributed by atoms with Crippen molar-refractivity contribution in [1.82, 2.24) is 9.97 Å². The highest BCUT2D eigenvalue weighted by Crippen LogP contribution is 2.32. The first-order valence-electron chi connectivity index (χ1n) is 7.77. The fourth-order valence-electron chi connectivity index (χ4n) is 3.08.